The molecule has 1 amide bonds. The number of aromatic nitrogens is 2. The lowest BCUT2D eigenvalue weighted by Crippen LogP contribution is -2.22. The second-order valence-electron chi connectivity index (χ2n) is 6.87. The third kappa shape index (κ3) is 4.07. The van der Waals surface area contributed by atoms with E-state index in [4.69, 9.17) is 4.74 Å². The third-order valence-corrected chi connectivity index (χ3v) is 4.91. The SMILES string of the molecule is COC1=CCC=C(Cc2cc(C(=O)C(=O)Nc3cccnc3)c3ccccn23)C=C1. The van der Waals surface area contributed by atoms with Gasteiger partial charge in [0.15, 0.2) is 0 Å². The van der Waals surface area contributed by atoms with Gasteiger partial charge in [-0.3, -0.25) is 14.6 Å². The molecule has 3 aromatic heterocycles. The summed E-state index contributed by atoms with van der Waals surface area (Å²) in [7, 11) is 1.65. The third-order valence-electron chi connectivity index (χ3n) is 4.91. The molecule has 1 aliphatic carbocycles. The molecule has 1 aliphatic rings. The number of rotatable bonds is 6. The van der Waals surface area contributed by atoms with Gasteiger partial charge in [0.2, 0.25) is 0 Å². The number of Topliss-reactive ketones (excluding diaryl/α,β-unsaturated/α-hetero) is 1. The Labute approximate surface area is 174 Å². The van der Waals surface area contributed by atoms with Gasteiger partial charge in [0.1, 0.15) is 5.76 Å². The second-order valence-corrected chi connectivity index (χ2v) is 6.87. The Morgan fingerprint density at radius 1 is 1.17 bits per heavy atom. The molecule has 3 aromatic rings. The highest BCUT2D eigenvalue weighted by Gasteiger charge is 2.22. The van der Waals surface area contributed by atoms with Gasteiger partial charge in [0.25, 0.3) is 11.7 Å². The number of ketones is 1. The van der Waals surface area contributed by atoms with Crippen LogP contribution in [0, 0.1) is 0 Å². The van der Waals surface area contributed by atoms with E-state index < -0.39 is 11.7 Å². The topological polar surface area (TPSA) is 72.7 Å². The predicted octanol–water partition coefficient (Wildman–Crippen LogP) is 4.11. The van der Waals surface area contributed by atoms with E-state index in [1.807, 2.05) is 47.0 Å². The second kappa shape index (κ2) is 8.61. The van der Waals surface area contributed by atoms with Crippen LogP contribution >= 0.6 is 0 Å². The largest absolute Gasteiger partial charge is 0.497 e. The van der Waals surface area contributed by atoms with Gasteiger partial charge in [-0.15, -0.1) is 0 Å². The molecule has 6 nitrogen and oxygen atoms in total. The maximum atomic E-state index is 12.9. The minimum Gasteiger partial charge on any atom is -0.497 e. The van der Waals surface area contributed by atoms with Crippen LogP contribution < -0.4 is 5.32 Å². The normalized spacial score (nSPS) is 13.4. The number of carbonyl (C=O) groups excluding carboxylic acids is 2. The van der Waals surface area contributed by atoms with Gasteiger partial charge in [-0.2, -0.15) is 0 Å². The summed E-state index contributed by atoms with van der Waals surface area (Å²) in [5, 5.41) is 2.61. The van der Waals surface area contributed by atoms with Crippen LogP contribution in [0.1, 0.15) is 22.5 Å². The Morgan fingerprint density at radius 2 is 2.07 bits per heavy atom. The van der Waals surface area contributed by atoms with Crippen LogP contribution in [-0.2, 0) is 16.0 Å². The molecule has 4 rings (SSSR count). The highest BCUT2D eigenvalue weighted by Crippen LogP contribution is 2.22. The van der Waals surface area contributed by atoms with E-state index in [1.54, 1.807) is 31.5 Å². The molecule has 6 heteroatoms. The molecule has 0 bridgehead atoms. The number of nitrogens with one attached hydrogen (secondary N) is 1. The van der Waals surface area contributed by atoms with Gasteiger partial charge >= 0.3 is 0 Å². The number of fused-ring (bicyclic) bond motifs is 1. The monoisotopic (exact) mass is 399 g/mol. The Balaban J connectivity index is 1.62. The van der Waals surface area contributed by atoms with Crippen molar-refractivity contribution in [2.24, 2.45) is 0 Å². The Bertz CT molecular complexity index is 1190. The molecule has 0 saturated heterocycles. The van der Waals surface area contributed by atoms with Crippen LogP contribution in [0.3, 0.4) is 0 Å². The van der Waals surface area contributed by atoms with Gasteiger partial charge in [-0.25, -0.2) is 0 Å². The zero-order valence-corrected chi connectivity index (χ0v) is 16.5. The van der Waals surface area contributed by atoms with Crippen molar-refractivity contribution in [3.05, 3.63) is 102 Å². The number of carbonyl (C=O) groups is 2. The van der Waals surface area contributed by atoms with Crippen molar-refractivity contribution >= 4 is 22.9 Å². The van der Waals surface area contributed by atoms with Gasteiger partial charge in [0.05, 0.1) is 30.1 Å². The van der Waals surface area contributed by atoms with Gasteiger partial charge in [-0.1, -0.05) is 18.2 Å². The summed E-state index contributed by atoms with van der Waals surface area (Å²) in [4.78, 5) is 29.4. The van der Waals surface area contributed by atoms with Gasteiger partial charge in [0, 0.05) is 24.5 Å². The molecule has 1 N–H and O–H groups in total. The van der Waals surface area contributed by atoms with E-state index >= 15 is 0 Å². The molecule has 0 spiro atoms. The molecule has 150 valence electrons. The van der Waals surface area contributed by atoms with Gasteiger partial charge in [-0.05, 0) is 54.5 Å². The number of anilines is 1. The molecule has 0 radical (unpaired) electrons. The summed E-state index contributed by atoms with van der Waals surface area (Å²) >= 11 is 0. The number of hydrogen-bond acceptors (Lipinski definition) is 4. The zero-order valence-electron chi connectivity index (χ0n) is 16.5. The lowest BCUT2D eigenvalue weighted by atomic mass is 10.1. The van der Waals surface area contributed by atoms with E-state index in [0.717, 1.165) is 23.4 Å². The fourth-order valence-corrected chi connectivity index (χ4v) is 3.43. The zero-order chi connectivity index (χ0) is 20.9. The molecule has 0 saturated carbocycles. The van der Waals surface area contributed by atoms with Crippen LogP contribution in [0.25, 0.3) is 5.52 Å². The standard InChI is InChI=1S/C24H21N3O3/c1-30-20-8-4-6-17(10-11-20)14-19-15-21(22-9-2-3-13-27(19)22)23(28)24(29)26-18-7-5-12-25-16-18/h2-3,5-13,15-16H,4,14H2,1H3,(H,26,29). The van der Waals surface area contributed by atoms with Crippen molar-refractivity contribution in [3.63, 3.8) is 0 Å². The average Bonchev–Trinajstić information content (AvgIpc) is 2.97. The molecule has 3 heterocycles. The van der Waals surface area contributed by atoms with E-state index in [2.05, 4.69) is 16.4 Å². The molecule has 0 atom stereocenters. The minimum absolute atomic E-state index is 0.376. The number of amides is 1. The van der Waals surface area contributed by atoms with Crippen LogP contribution in [0.4, 0.5) is 5.69 Å². The summed E-state index contributed by atoms with van der Waals surface area (Å²) in [6.45, 7) is 0. The Morgan fingerprint density at radius 3 is 2.87 bits per heavy atom. The number of pyridine rings is 2. The highest BCUT2D eigenvalue weighted by molar-refractivity contribution is 6.47. The van der Waals surface area contributed by atoms with E-state index in [9.17, 15) is 9.59 Å². The average molecular weight is 399 g/mol. The maximum Gasteiger partial charge on any atom is 0.296 e. The first kappa shape index (κ1) is 19.4. The molecule has 0 unspecified atom stereocenters. The summed E-state index contributed by atoms with van der Waals surface area (Å²) in [6, 6.07) is 10.8. The van der Waals surface area contributed by atoms with Crippen molar-refractivity contribution in [2.75, 3.05) is 12.4 Å². The smallest absolute Gasteiger partial charge is 0.296 e. The number of ether oxygens (including phenoxy) is 1. The molecule has 30 heavy (non-hydrogen) atoms. The van der Waals surface area contributed by atoms with E-state index in [-0.39, 0.29) is 0 Å². The minimum atomic E-state index is -0.687. The van der Waals surface area contributed by atoms with E-state index in [0.29, 0.717) is 23.2 Å². The highest BCUT2D eigenvalue weighted by atomic mass is 16.5. The fourth-order valence-electron chi connectivity index (χ4n) is 3.43. The Kier molecular flexibility index (Phi) is 5.57. The number of hydrogen-bond donors (Lipinski definition) is 1. The first-order chi connectivity index (χ1) is 14.7. The van der Waals surface area contributed by atoms with Crippen LogP contribution in [-0.4, -0.2) is 28.2 Å². The number of methoxy groups -OCH3 is 1. The molecule has 0 fully saturated rings. The van der Waals surface area contributed by atoms with Gasteiger partial charge < -0.3 is 14.5 Å². The lowest BCUT2D eigenvalue weighted by Gasteiger charge is -2.04. The maximum absolute atomic E-state index is 12.9. The van der Waals surface area contributed by atoms with Crippen molar-refractivity contribution in [1.29, 1.82) is 0 Å². The fraction of sp³-hybridized carbons (Fsp3) is 0.125. The molecular weight excluding hydrogens is 378 g/mol. The predicted molar refractivity (Wildman–Crippen MR) is 115 cm³/mol. The number of allylic oxidation sites excluding steroid dienone is 5. The summed E-state index contributed by atoms with van der Waals surface area (Å²) in [6.07, 6.45) is 14.5. The molecule has 0 aromatic carbocycles. The van der Waals surface area contributed by atoms with E-state index in [1.165, 1.54) is 6.20 Å². The van der Waals surface area contributed by atoms with Crippen molar-refractivity contribution < 1.29 is 14.3 Å². The first-order valence-electron chi connectivity index (χ1n) is 9.61. The summed E-state index contributed by atoms with van der Waals surface area (Å²) in [5.74, 6) is -0.444. The van der Waals surface area contributed by atoms with Crippen LogP contribution in [0.15, 0.2) is 90.6 Å². The molecule has 0 aliphatic heterocycles. The summed E-state index contributed by atoms with van der Waals surface area (Å²) in [5.41, 5.74) is 3.60. The van der Waals surface area contributed by atoms with Crippen LogP contribution in [0.2, 0.25) is 0 Å². The first-order valence-corrected chi connectivity index (χ1v) is 9.61. The van der Waals surface area contributed by atoms with Crippen molar-refractivity contribution in [2.45, 2.75) is 12.8 Å². The summed E-state index contributed by atoms with van der Waals surface area (Å²) < 4.78 is 7.25. The van der Waals surface area contributed by atoms with Crippen LogP contribution in [0.5, 0.6) is 0 Å². The number of nitrogens with zero attached hydrogens (tertiary/aromatic N) is 2. The van der Waals surface area contributed by atoms with Crippen molar-refractivity contribution in [1.82, 2.24) is 9.38 Å². The lowest BCUT2D eigenvalue weighted by molar-refractivity contribution is -0.112. The van der Waals surface area contributed by atoms with Crippen molar-refractivity contribution in [3.8, 4) is 0 Å². The quantitative estimate of drug-likeness (QED) is 0.500. The Hall–Kier alpha value is -3.93. The molecular formula is C24H21N3O3.